The van der Waals surface area contributed by atoms with Gasteiger partial charge in [0.15, 0.2) is 5.11 Å². The molecule has 26 heavy (non-hydrogen) atoms. The van der Waals surface area contributed by atoms with E-state index in [0.29, 0.717) is 31.1 Å². The summed E-state index contributed by atoms with van der Waals surface area (Å²) in [6, 6.07) is 13.3. The predicted octanol–water partition coefficient (Wildman–Crippen LogP) is 3.59. The summed E-state index contributed by atoms with van der Waals surface area (Å²) in [5.74, 6) is 0.143. The van der Waals surface area contributed by atoms with Gasteiger partial charge in [-0.05, 0) is 42.9 Å². The van der Waals surface area contributed by atoms with Crippen LogP contribution in [0.25, 0.3) is 0 Å². The molecule has 7 heteroatoms. The molecule has 138 valence electrons. The van der Waals surface area contributed by atoms with E-state index in [4.69, 9.17) is 21.7 Å². The monoisotopic (exact) mass is 436 g/mol. The maximum absolute atomic E-state index is 12.5. The lowest BCUT2D eigenvalue weighted by Crippen LogP contribution is -2.39. The van der Waals surface area contributed by atoms with Gasteiger partial charge in [-0.15, -0.1) is 0 Å². The highest BCUT2D eigenvalue weighted by atomic mass is 79.9. The number of hydrogen-bond acceptors (Lipinski definition) is 4. The van der Waals surface area contributed by atoms with Crippen molar-refractivity contribution in [2.24, 2.45) is 0 Å². The van der Waals surface area contributed by atoms with Crippen LogP contribution in [0.1, 0.15) is 21.5 Å². The molecule has 0 heterocycles. The summed E-state index contributed by atoms with van der Waals surface area (Å²) in [6.45, 7) is 3.36. The zero-order valence-corrected chi connectivity index (χ0v) is 17.1. The number of amides is 1. The fourth-order valence-corrected chi connectivity index (χ4v) is 2.67. The van der Waals surface area contributed by atoms with Crippen molar-refractivity contribution in [2.75, 3.05) is 20.3 Å². The minimum absolute atomic E-state index is 0.262. The van der Waals surface area contributed by atoms with Crippen molar-refractivity contribution in [3.05, 3.63) is 63.6 Å². The molecule has 0 radical (unpaired) electrons. The summed E-state index contributed by atoms with van der Waals surface area (Å²) in [5, 5.41) is 5.98. The lowest BCUT2D eigenvalue weighted by Gasteiger charge is -2.13. The third-order valence-corrected chi connectivity index (χ3v) is 4.27. The maximum atomic E-state index is 12.5. The van der Waals surface area contributed by atoms with Gasteiger partial charge in [-0.2, -0.15) is 0 Å². The smallest absolute Gasteiger partial charge is 0.261 e. The lowest BCUT2D eigenvalue weighted by atomic mass is 10.1. The maximum Gasteiger partial charge on any atom is 0.261 e. The molecule has 0 saturated carbocycles. The van der Waals surface area contributed by atoms with E-state index in [2.05, 4.69) is 26.6 Å². The zero-order valence-electron chi connectivity index (χ0n) is 14.7. The van der Waals surface area contributed by atoms with Crippen molar-refractivity contribution >= 4 is 39.2 Å². The van der Waals surface area contributed by atoms with E-state index in [1.165, 1.54) is 5.56 Å². The number of methoxy groups -OCH3 is 1. The van der Waals surface area contributed by atoms with Gasteiger partial charge in [-0.3, -0.25) is 10.1 Å². The first-order valence-corrected chi connectivity index (χ1v) is 9.25. The molecule has 0 aliphatic carbocycles. The van der Waals surface area contributed by atoms with E-state index in [1.54, 1.807) is 19.2 Å². The van der Waals surface area contributed by atoms with Gasteiger partial charge >= 0.3 is 0 Å². The van der Waals surface area contributed by atoms with Crippen LogP contribution in [0.4, 0.5) is 0 Å². The van der Waals surface area contributed by atoms with E-state index in [-0.39, 0.29) is 11.0 Å². The number of carbonyl (C=O) groups excluding carboxylic acids is 1. The van der Waals surface area contributed by atoms with Crippen molar-refractivity contribution in [1.82, 2.24) is 10.6 Å². The second-order valence-corrected chi connectivity index (χ2v) is 6.93. The first kappa shape index (κ1) is 20.4. The fraction of sp³-hybridized carbons (Fsp3) is 0.263. The minimum Gasteiger partial charge on any atom is -0.490 e. The molecule has 0 aliphatic heterocycles. The molecule has 1 amide bonds. The molecule has 0 saturated heterocycles. The molecular formula is C19H21BrN2O3S. The Hall–Kier alpha value is -1.96. The Labute approximate surface area is 167 Å². The van der Waals surface area contributed by atoms with Crippen molar-refractivity contribution in [1.29, 1.82) is 0 Å². The summed E-state index contributed by atoms with van der Waals surface area (Å²) >= 11 is 8.59. The molecule has 5 nitrogen and oxygen atoms in total. The van der Waals surface area contributed by atoms with Gasteiger partial charge in [0.05, 0.1) is 12.2 Å². The third kappa shape index (κ3) is 6.40. The van der Waals surface area contributed by atoms with Gasteiger partial charge in [-0.1, -0.05) is 45.8 Å². The number of hydrogen-bond donors (Lipinski definition) is 2. The van der Waals surface area contributed by atoms with Gasteiger partial charge < -0.3 is 14.8 Å². The first-order valence-electron chi connectivity index (χ1n) is 8.05. The third-order valence-electron chi connectivity index (χ3n) is 3.53. The highest BCUT2D eigenvalue weighted by molar-refractivity contribution is 9.10. The van der Waals surface area contributed by atoms with Crippen LogP contribution < -0.4 is 15.4 Å². The van der Waals surface area contributed by atoms with Crippen LogP contribution in [-0.2, 0) is 11.3 Å². The molecule has 2 aromatic carbocycles. The number of rotatable bonds is 7. The molecule has 0 spiro atoms. The Morgan fingerprint density at radius 1 is 1.15 bits per heavy atom. The Morgan fingerprint density at radius 3 is 2.58 bits per heavy atom. The Morgan fingerprint density at radius 2 is 1.88 bits per heavy atom. The van der Waals surface area contributed by atoms with Gasteiger partial charge in [0.25, 0.3) is 5.91 Å². The van der Waals surface area contributed by atoms with Gasteiger partial charge in [0, 0.05) is 18.1 Å². The van der Waals surface area contributed by atoms with E-state index < -0.39 is 0 Å². The summed E-state index contributed by atoms with van der Waals surface area (Å²) < 4.78 is 11.4. The zero-order chi connectivity index (χ0) is 18.9. The summed E-state index contributed by atoms with van der Waals surface area (Å²) in [4.78, 5) is 12.5. The molecule has 0 atom stereocenters. The number of nitrogens with one attached hydrogen (secondary N) is 2. The fourth-order valence-electron chi connectivity index (χ4n) is 2.14. The highest BCUT2D eigenvalue weighted by Crippen LogP contribution is 2.23. The van der Waals surface area contributed by atoms with Crippen LogP contribution in [0.2, 0.25) is 0 Å². The lowest BCUT2D eigenvalue weighted by molar-refractivity contribution is 0.0968. The molecular weight excluding hydrogens is 416 g/mol. The number of benzene rings is 2. The molecule has 2 N–H and O–H groups in total. The number of carbonyl (C=O) groups is 1. The summed E-state index contributed by atoms with van der Waals surface area (Å²) in [6.07, 6.45) is 0. The van der Waals surface area contributed by atoms with Crippen LogP contribution in [0.15, 0.2) is 46.9 Å². The van der Waals surface area contributed by atoms with E-state index >= 15 is 0 Å². The molecule has 0 fully saturated rings. The second-order valence-electron chi connectivity index (χ2n) is 5.60. The normalized spacial score (nSPS) is 10.3. The largest absolute Gasteiger partial charge is 0.490 e. The molecule has 0 aromatic heterocycles. The van der Waals surface area contributed by atoms with E-state index in [9.17, 15) is 4.79 Å². The molecule has 0 unspecified atom stereocenters. The van der Waals surface area contributed by atoms with Gasteiger partial charge in [0.1, 0.15) is 12.4 Å². The summed E-state index contributed by atoms with van der Waals surface area (Å²) in [5.41, 5.74) is 2.67. The summed E-state index contributed by atoms with van der Waals surface area (Å²) in [7, 11) is 1.59. The topological polar surface area (TPSA) is 59.6 Å². The Bertz CT molecular complexity index is 766. The van der Waals surface area contributed by atoms with Crippen LogP contribution >= 0.6 is 28.1 Å². The van der Waals surface area contributed by atoms with Crippen LogP contribution in [0.3, 0.4) is 0 Å². The SMILES string of the molecule is COCCOc1ccc(Br)cc1C(=O)NC(=S)NCc1ccc(C)cc1. The van der Waals surface area contributed by atoms with Crippen LogP contribution in [0, 0.1) is 6.92 Å². The number of halogens is 1. The average molecular weight is 437 g/mol. The Balaban J connectivity index is 1.96. The molecule has 0 bridgehead atoms. The van der Waals surface area contributed by atoms with Crippen molar-refractivity contribution in [3.63, 3.8) is 0 Å². The predicted molar refractivity (Wildman–Crippen MR) is 110 cm³/mol. The van der Waals surface area contributed by atoms with Crippen molar-refractivity contribution in [3.8, 4) is 5.75 Å². The number of ether oxygens (including phenoxy) is 2. The van der Waals surface area contributed by atoms with Crippen LogP contribution in [-0.4, -0.2) is 31.3 Å². The molecule has 2 aromatic rings. The number of aryl methyl sites for hydroxylation is 1. The molecule has 0 aliphatic rings. The van der Waals surface area contributed by atoms with Gasteiger partial charge in [-0.25, -0.2) is 0 Å². The van der Waals surface area contributed by atoms with Crippen LogP contribution in [0.5, 0.6) is 5.75 Å². The number of thiocarbonyl (C=S) groups is 1. The average Bonchev–Trinajstić information content (AvgIpc) is 2.62. The Kier molecular flexibility index (Phi) is 8.03. The first-order chi connectivity index (χ1) is 12.5. The minimum atomic E-state index is -0.333. The quantitative estimate of drug-likeness (QED) is 0.512. The van der Waals surface area contributed by atoms with Crippen molar-refractivity contribution < 1.29 is 14.3 Å². The molecule has 2 rings (SSSR count). The second kappa shape index (κ2) is 10.3. The van der Waals surface area contributed by atoms with Gasteiger partial charge in [0.2, 0.25) is 0 Å². The van der Waals surface area contributed by atoms with E-state index in [1.807, 2.05) is 37.3 Å². The van der Waals surface area contributed by atoms with Crippen molar-refractivity contribution in [2.45, 2.75) is 13.5 Å². The van der Waals surface area contributed by atoms with E-state index in [0.717, 1.165) is 10.0 Å². The standard InChI is InChI=1S/C19H21BrN2O3S/c1-13-3-5-14(6-4-13)12-21-19(26)22-18(23)16-11-15(20)7-8-17(16)25-10-9-24-2/h3-8,11H,9-10,12H2,1-2H3,(H2,21,22,23,26). The highest BCUT2D eigenvalue weighted by Gasteiger charge is 2.14.